The number of rotatable bonds is 5. The Kier molecular flexibility index (Phi) is 5.44. The minimum Gasteiger partial charge on any atom is -0.491 e. The number of hydrogen-bond donors (Lipinski definition) is 1. The normalized spacial score (nSPS) is 19.0. The summed E-state index contributed by atoms with van der Waals surface area (Å²) < 4.78 is 5.72. The van der Waals surface area contributed by atoms with E-state index < -0.39 is 6.10 Å². The third kappa shape index (κ3) is 4.80. The molecule has 20 heavy (non-hydrogen) atoms. The fourth-order valence-corrected chi connectivity index (χ4v) is 2.80. The van der Waals surface area contributed by atoms with E-state index in [1.165, 1.54) is 24.0 Å². The van der Waals surface area contributed by atoms with E-state index in [0.717, 1.165) is 31.3 Å². The van der Waals surface area contributed by atoms with Gasteiger partial charge in [-0.05, 0) is 69.0 Å². The second kappa shape index (κ2) is 7.09. The Bertz CT molecular complexity index is 405. The number of ether oxygens (including phenoxy) is 1. The van der Waals surface area contributed by atoms with Crippen molar-refractivity contribution in [1.29, 1.82) is 0 Å². The molecule has 112 valence electrons. The van der Waals surface area contributed by atoms with Crippen LogP contribution in [0.2, 0.25) is 0 Å². The van der Waals surface area contributed by atoms with Crippen LogP contribution in [0.15, 0.2) is 18.2 Å². The van der Waals surface area contributed by atoms with Gasteiger partial charge in [-0.15, -0.1) is 0 Å². The van der Waals surface area contributed by atoms with Crippen molar-refractivity contribution >= 4 is 0 Å². The van der Waals surface area contributed by atoms with E-state index >= 15 is 0 Å². The second-order valence-corrected chi connectivity index (χ2v) is 6.27. The quantitative estimate of drug-likeness (QED) is 0.898. The molecule has 0 radical (unpaired) electrons. The minimum absolute atomic E-state index is 0.370. The van der Waals surface area contributed by atoms with Crippen LogP contribution in [0.3, 0.4) is 0 Å². The number of nitrogens with zero attached hydrogens (tertiary/aromatic N) is 1. The largest absolute Gasteiger partial charge is 0.491 e. The van der Waals surface area contributed by atoms with Gasteiger partial charge in [-0.2, -0.15) is 0 Å². The van der Waals surface area contributed by atoms with Gasteiger partial charge in [-0.1, -0.05) is 13.0 Å². The van der Waals surface area contributed by atoms with Gasteiger partial charge in [0.15, 0.2) is 0 Å². The number of aryl methyl sites for hydroxylation is 2. The summed E-state index contributed by atoms with van der Waals surface area (Å²) in [6.45, 7) is 9.71. The van der Waals surface area contributed by atoms with Crippen LogP contribution in [0.5, 0.6) is 5.75 Å². The molecule has 1 aromatic carbocycles. The van der Waals surface area contributed by atoms with Gasteiger partial charge in [0.05, 0.1) is 0 Å². The topological polar surface area (TPSA) is 32.7 Å². The summed E-state index contributed by atoms with van der Waals surface area (Å²) in [7, 11) is 0. The van der Waals surface area contributed by atoms with Crippen LogP contribution in [0, 0.1) is 19.8 Å². The molecule has 1 aliphatic heterocycles. The van der Waals surface area contributed by atoms with Crippen molar-refractivity contribution in [1.82, 2.24) is 4.90 Å². The molecule has 3 heteroatoms. The van der Waals surface area contributed by atoms with E-state index in [0.29, 0.717) is 6.61 Å². The van der Waals surface area contributed by atoms with Gasteiger partial charge in [0.25, 0.3) is 0 Å². The lowest BCUT2D eigenvalue weighted by Gasteiger charge is -2.31. The van der Waals surface area contributed by atoms with Crippen molar-refractivity contribution in [2.45, 2.75) is 39.7 Å². The molecule has 1 aromatic rings. The summed E-state index contributed by atoms with van der Waals surface area (Å²) in [6.07, 6.45) is 2.07. The average Bonchev–Trinajstić information content (AvgIpc) is 2.38. The highest BCUT2D eigenvalue weighted by Gasteiger charge is 2.18. The Balaban J connectivity index is 1.75. The number of β-amino-alcohol motifs (C(OH)–C–C–N with tert-alkyl or cyclic N) is 1. The van der Waals surface area contributed by atoms with Gasteiger partial charge in [-0.3, -0.25) is 0 Å². The molecule has 1 N–H and O–H groups in total. The molecule has 1 aliphatic rings. The lowest BCUT2D eigenvalue weighted by Crippen LogP contribution is -2.40. The lowest BCUT2D eigenvalue weighted by molar-refractivity contribution is 0.0562. The van der Waals surface area contributed by atoms with Crippen LogP contribution < -0.4 is 4.74 Å². The van der Waals surface area contributed by atoms with Gasteiger partial charge in [0, 0.05) is 6.54 Å². The second-order valence-electron chi connectivity index (χ2n) is 6.27. The van der Waals surface area contributed by atoms with Crippen molar-refractivity contribution in [2.24, 2.45) is 5.92 Å². The Labute approximate surface area is 122 Å². The molecule has 0 saturated carbocycles. The van der Waals surface area contributed by atoms with Crippen LogP contribution in [-0.4, -0.2) is 42.4 Å². The Morgan fingerprint density at radius 2 is 1.80 bits per heavy atom. The molecule has 1 heterocycles. The minimum atomic E-state index is -0.413. The highest BCUT2D eigenvalue weighted by molar-refractivity contribution is 5.32. The highest BCUT2D eigenvalue weighted by Crippen LogP contribution is 2.18. The fourth-order valence-electron chi connectivity index (χ4n) is 2.80. The van der Waals surface area contributed by atoms with Crippen molar-refractivity contribution in [3.8, 4) is 5.75 Å². The van der Waals surface area contributed by atoms with Gasteiger partial charge in [-0.25, -0.2) is 0 Å². The first-order valence-electron chi connectivity index (χ1n) is 7.64. The Hall–Kier alpha value is -1.06. The molecule has 0 unspecified atom stereocenters. The first-order valence-corrected chi connectivity index (χ1v) is 7.64. The number of piperidine rings is 1. The Morgan fingerprint density at radius 3 is 2.40 bits per heavy atom. The molecule has 0 aromatic heterocycles. The smallest absolute Gasteiger partial charge is 0.119 e. The Morgan fingerprint density at radius 1 is 1.20 bits per heavy atom. The van der Waals surface area contributed by atoms with E-state index in [1.54, 1.807) is 0 Å². The first kappa shape index (κ1) is 15.3. The van der Waals surface area contributed by atoms with Crippen molar-refractivity contribution in [3.05, 3.63) is 29.3 Å². The summed E-state index contributed by atoms with van der Waals surface area (Å²) >= 11 is 0. The molecule has 0 aliphatic carbocycles. The summed E-state index contributed by atoms with van der Waals surface area (Å²) in [6, 6.07) is 6.16. The summed E-state index contributed by atoms with van der Waals surface area (Å²) in [5, 5.41) is 10.1. The molecule has 0 spiro atoms. The maximum atomic E-state index is 10.1. The molecule has 1 saturated heterocycles. The van der Waals surface area contributed by atoms with Crippen molar-refractivity contribution < 1.29 is 9.84 Å². The van der Waals surface area contributed by atoms with Crippen LogP contribution >= 0.6 is 0 Å². The van der Waals surface area contributed by atoms with Crippen LogP contribution in [0.25, 0.3) is 0 Å². The van der Waals surface area contributed by atoms with Crippen LogP contribution in [-0.2, 0) is 0 Å². The van der Waals surface area contributed by atoms with E-state index in [2.05, 4.69) is 31.7 Å². The lowest BCUT2D eigenvalue weighted by atomic mass is 9.99. The predicted molar refractivity (Wildman–Crippen MR) is 82.3 cm³/mol. The molecule has 1 atom stereocenters. The zero-order valence-corrected chi connectivity index (χ0v) is 12.9. The van der Waals surface area contributed by atoms with Crippen molar-refractivity contribution in [2.75, 3.05) is 26.2 Å². The highest BCUT2D eigenvalue weighted by atomic mass is 16.5. The maximum Gasteiger partial charge on any atom is 0.119 e. The third-order valence-corrected chi connectivity index (χ3v) is 3.98. The van der Waals surface area contributed by atoms with Crippen LogP contribution in [0.4, 0.5) is 0 Å². The predicted octanol–water partition coefficient (Wildman–Crippen LogP) is 2.78. The molecule has 0 amide bonds. The first-order chi connectivity index (χ1) is 9.52. The number of aliphatic hydroxyl groups excluding tert-OH is 1. The van der Waals surface area contributed by atoms with Gasteiger partial charge < -0.3 is 14.7 Å². The molecule has 3 nitrogen and oxygen atoms in total. The van der Waals surface area contributed by atoms with E-state index in [1.807, 2.05) is 12.1 Å². The van der Waals surface area contributed by atoms with Crippen molar-refractivity contribution in [3.63, 3.8) is 0 Å². The van der Waals surface area contributed by atoms with E-state index in [9.17, 15) is 5.11 Å². The summed E-state index contributed by atoms with van der Waals surface area (Å²) in [4.78, 5) is 2.34. The molecular formula is C17H27NO2. The number of hydrogen-bond acceptors (Lipinski definition) is 3. The zero-order chi connectivity index (χ0) is 14.5. The maximum absolute atomic E-state index is 10.1. The van der Waals surface area contributed by atoms with Gasteiger partial charge in [0.1, 0.15) is 18.5 Å². The number of likely N-dealkylation sites (tertiary alicyclic amines) is 1. The van der Waals surface area contributed by atoms with Gasteiger partial charge in [0.2, 0.25) is 0 Å². The number of aliphatic hydroxyl groups is 1. The summed E-state index contributed by atoms with van der Waals surface area (Å²) in [5.74, 6) is 1.68. The standard InChI is InChI=1S/C17H27NO2/c1-13-4-6-18(7-5-13)11-16(19)12-20-17-9-14(2)8-15(3)10-17/h8-10,13,16,19H,4-7,11-12H2,1-3H3/t16-/m1/s1. The SMILES string of the molecule is Cc1cc(C)cc(OC[C@H](O)CN2CCC(C)CC2)c1. The van der Waals surface area contributed by atoms with Gasteiger partial charge >= 0.3 is 0 Å². The molecule has 1 fully saturated rings. The molecule has 0 bridgehead atoms. The van der Waals surface area contributed by atoms with E-state index in [-0.39, 0.29) is 0 Å². The molecule has 2 rings (SSSR count). The zero-order valence-electron chi connectivity index (χ0n) is 12.9. The number of benzene rings is 1. The van der Waals surface area contributed by atoms with Crippen LogP contribution in [0.1, 0.15) is 30.9 Å². The average molecular weight is 277 g/mol. The third-order valence-electron chi connectivity index (χ3n) is 3.98. The monoisotopic (exact) mass is 277 g/mol. The molecular weight excluding hydrogens is 250 g/mol. The fraction of sp³-hybridized carbons (Fsp3) is 0.647. The van der Waals surface area contributed by atoms with E-state index in [4.69, 9.17) is 4.74 Å². The summed E-state index contributed by atoms with van der Waals surface area (Å²) in [5.41, 5.74) is 2.39.